The fourth-order valence-corrected chi connectivity index (χ4v) is 14.0. The van der Waals surface area contributed by atoms with Gasteiger partial charge in [0.15, 0.2) is 0 Å². The summed E-state index contributed by atoms with van der Waals surface area (Å²) in [5, 5.41) is 7.28. The molecule has 2 heterocycles. The lowest BCUT2D eigenvalue weighted by atomic mass is 9.97. The molecule has 0 N–H and O–H groups in total. The third-order valence-corrected chi connectivity index (χ3v) is 18.9. The van der Waals surface area contributed by atoms with Crippen LogP contribution in [0.1, 0.15) is 22.5 Å². The van der Waals surface area contributed by atoms with Gasteiger partial charge in [0.05, 0.1) is 22.4 Å². The molecule has 0 bridgehead atoms. The van der Waals surface area contributed by atoms with Gasteiger partial charge in [0.1, 0.15) is 0 Å². The maximum absolute atomic E-state index is 2.43. The molecule has 0 amide bonds. The molecule has 14 aromatic carbocycles. The number of aryl methyl sites for hydroxylation is 2. The van der Waals surface area contributed by atoms with Crippen molar-refractivity contribution in [2.75, 3.05) is 9.80 Å². The molecule has 2 aromatic heterocycles. The molecule has 4 nitrogen and oxygen atoms in total. The summed E-state index contributed by atoms with van der Waals surface area (Å²) in [5.41, 5.74) is 28.0. The van der Waals surface area contributed by atoms with Crippen molar-refractivity contribution >= 4 is 77.5 Å². The monoisotopic (exact) mass is 1180 g/mol. The number of hydrogen-bond acceptors (Lipinski definition) is 2. The Labute approximate surface area is 538 Å². The van der Waals surface area contributed by atoms with E-state index in [9.17, 15) is 0 Å². The normalized spacial score (nSPS) is 11.5. The lowest BCUT2D eigenvalue weighted by Crippen LogP contribution is -2.11. The Balaban J connectivity index is 0.742. The van der Waals surface area contributed by atoms with Gasteiger partial charge in [-0.15, -0.1) is 0 Å². The minimum Gasteiger partial charge on any atom is -0.314 e. The minimum atomic E-state index is 1.08. The van der Waals surface area contributed by atoms with Crippen LogP contribution in [0.25, 0.3) is 110 Å². The van der Waals surface area contributed by atoms with Crippen LogP contribution in [0.4, 0.5) is 34.1 Å². The van der Waals surface area contributed by atoms with Crippen molar-refractivity contribution in [2.45, 2.75) is 27.7 Å². The van der Waals surface area contributed by atoms with Crippen LogP contribution in [0.5, 0.6) is 0 Å². The second-order valence-corrected chi connectivity index (χ2v) is 24.3. The van der Waals surface area contributed by atoms with Gasteiger partial charge < -0.3 is 18.9 Å². The van der Waals surface area contributed by atoms with Crippen molar-refractivity contribution < 1.29 is 0 Å². The maximum Gasteiger partial charge on any atom is 0.0540 e. The average molecular weight is 1180 g/mol. The Morgan fingerprint density at radius 1 is 0.217 bits per heavy atom. The van der Waals surface area contributed by atoms with Crippen LogP contribution in [0.15, 0.2) is 328 Å². The summed E-state index contributed by atoms with van der Waals surface area (Å²) in [6.07, 6.45) is 0. The Morgan fingerprint density at radius 2 is 0.533 bits per heavy atom. The van der Waals surface area contributed by atoms with Gasteiger partial charge in [-0.1, -0.05) is 206 Å². The summed E-state index contributed by atoms with van der Waals surface area (Å²) in [5.74, 6) is 0. The fraction of sp³-hybridized carbons (Fsp3) is 0.0455. The van der Waals surface area contributed by atoms with Crippen molar-refractivity contribution in [1.29, 1.82) is 0 Å². The van der Waals surface area contributed by atoms with Crippen LogP contribution in [0, 0.1) is 27.7 Å². The number of fused-ring (bicyclic) bond motifs is 4. The zero-order valence-corrected chi connectivity index (χ0v) is 52.0. The van der Waals surface area contributed by atoms with Crippen LogP contribution >= 0.6 is 0 Å². The highest BCUT2D eigenvalue weighted by molar-refractivity contribution is 6.02. The van der Waals surface area contributed by atoms with E-state index in [1.54, 1.807) is 0 Å². The summed E-state index contributed by atoms with van der Waals surface area (Å²) >= 11 is 0. The fourth-order valence-electron chi connectivity index (χ4n) is 14.0. The van der Waals surface area contributed by atoms with E-state index in [1.165, 1.54) is 122 Å². The highest BCUT2D eigenvalue weighted by atomic mass is 15.2. The summed E-state index contributed by atoms with van der Waals surface area (Å²) in [6, 6.07) is 120. The molecule has 0 radical (unpaired) electrons. The second kappa shape index (κ2) is 23.3. The maximum atomic E-state index is 2.43. The summed E-state index contributed by atoms with van der Waals surface area (Å²) in [6.45, 7) is 9.05. The molecule has 92 heavy (non-hydrogen) atoms. The molecule has 0 spiro atoms. The van der Waals surface area contributed by atoms with Crippen molar-refractivity contribution in [3.63, 3.8) is 0 Å². The second-order valence-electron chi connectivity index (χ2n) is 24.3. The van der Waals surface area contributed by atoms with E-state index < -0.39 is 0 Å². The zero-order valence-electron chi connectivity index (χ0n) is 52.0. The van der Waals surface area contributed by atoms with E-state index in [0.29, 0.717) is 0 Å². The van der Waals surface area contributed by atoms with Crippen molar-refractivity contribution in [3.8, 4) is 67.0 Å². The van der Waals surface area contributed by atoms with Gasteiger partial charge in [0, 0.05) is 67.1 Å². The number of nitrogens with zero attached hydrogens (tertiary/aromatic N) is 4. The first-order valence-corrected chi connectivity index (χ1v) is 31.8. The molecule has 4 heteroatoms. The van der Waals surface area contributed by atoms with Crippen molar-refractivity contribution in [2.24, 2.45) is 0 Å². The van der Waals surface area contributed by atoms with Gasteiger partial charge in [0.25, 0.3) is 0 Å². The molecule has 0 fully saturated rings. The molecule has 0 unspecified atom stereocenters. The van der Waals surface area contributed by atoms with Gasteiger partial charge in [-0.05, 0) is 227 Å². The van der Waals surface area contributed by atoms with Gasteiger partial charge in [-0.2, -0.15) is 0 Å². The molecular formula is C88H66N4. The quantitative estimate of drug-likeness (QED) is 0.114. The first-order chi connectivity index (χ1) is 45.3. The molecule has 0 saturated heterocycles. The molecule has 438 valence electrons. The number of anilines is 6. The van der Waals surface area contributed by atoms with Crippen LogP contribution in [-0.4, -0.2) is 9.13 Å². The van der Waals surface area contributed by atoms with Gasteiger partial charge in [-0.3, -0.25) is 0 Å². The molecule has 16 rings (SSSR count). The largest absolute Gasteiger partial charge is 0.314 e. The Bertz CT molecular complexity index is 4950. The first kappa shape index (κ1) is 55.6. The molecule has 0 atom stereocenters. The number of rotatable bonds is 13. The smallest absolute Gasteiger partial charge is 0.0540 e. The van der Waals surface area contributed by atoms with E-state index in [-0.39, 0.29) is 0 Å². The predicted molar refractivity (Wildman–Crippen MR) is 391 cm³/mol. The van der Waals surface area contributed by atoms with Gasteiger partial charge in [-0.25, -0.2) is 0 Å². The number of aromatic nitrogens is 2. The topological polar surface area (TPSA) is 16.3 Å². The van der Waals surface area contributed by atoms with Crippen LogP contribution < -0.4 is 9.80 Å². The highest BCUT2D eigenvalue weighted by Crippen LogP contribution is 2.46. The molecule has 16 aromatic rings. The predicted octanol–water partition coefficient (Wildman–Crippen LogP) is 24.4. The molecule has 0 saturated carbocycles. The first-order valence-electron chi connectivity index (χ1n) is 31.8. The Hall–Kier alpha value is -11.7. The van der Waals surface area contributed by atoms with E-state index in [4.69, 9.17) is 0 Å². The van der Waals surface area contributed by atoms with Crippen molar-refractivity contribution in [3.05, 3.63) is 350 Å². The lowest BCUT2D eigenvalue weighted by Gasteiger charge is -2.28. The van der Waals surface area contributed by atoms with Gasteiger partial charge in [0.2, 0.25) is 0 Å². The third kappa shape index (κ3) is 9.99. The SMILES string of the molecule is Cc1c(C)n(-c2ccc(N(c3cc(-c4ccccc4)cc(-c4ccccc4)c3)c3cccc4ccccc34)cc2)c2ccc(-c3ccc4c(c3)c(C)c(C)n4-c3ccc(N(c4cc(-c5ccccc5)cc(-c5ccccc5)c4)c4cccc5ccccc45)cc3)cc12. The average Bonchev–Trinajstić information content (AvgIpc) is 1.44. The van der Waals surface area contributed by atoms with Crippen LogP contribution in [-0.2, 0) is 0 Å². The molecule has 0 aliphatic heterocycles. The Morgan fingerprint density at radius 3 is 0.880 bits per heavy atom. The van der Waals surface area contributed by atoms with Gasteiger partial charge >= 0.3 is 0 Å². The van der Waals surface area contributed by atoms with E-state index in [1.807, 2.05) is 0 Å². The number of benzene rings is 14. The highest BCUT2D eigenvalue weighted by Gasteiger charge is 2.23. The van der Waals surface area contributed by atoms with E-state index in [2.05, 4.69) is 374 Å². The molecular weight excluding hydrogens is 1110 g/mol. The Kier molecular flexibility index (Phi) is 14.1. The minimum absolute atomic E-state index is 1.08. The van der Waals surface area contributed by atoms with Crippen LogP contribution in [0.2, 0.25) is 0 Å². The van der Waals surface area contributed by atoms with E-state index in [0.717, 1.165) is 45.5 Å². The number of hydrogen-bond donors (Lipinski definition) is 0. The lowest BCUT2D eigenvalue weighted by molar-refractivity contribution is 1.04. The van der Waals surface area contributed by atoms with E-state index >= 15 is 0 Å². The summed E-state index contributed by atoms with van der Waals surface area (Å²) < 4.78 is 4.86. The standard InChI is InChI=1S/C88H66N4/c1-59-61(3)89(75-41-45-77(46-42-75)91(85-37-21-33-67-31-17-19-35-81(67)85)79-53-71(63-23-9-5-10-24-63)51-72(54-79)64-25-11-6-12-26-64)87-49-39-69(57-83(59)87)70-40-50-88-84(58-70)60(2)62(4)90(88)76-43-47-78(48-44-76)92(86-38-22-34-68-32-18-20-36-82(68)86)80-55-73(65-27-13-7-14-28-65)52-74(56-80)66-29-15-8-16-30-66/h5-58H,1-4H3. The van der Waals surface area contributed by atoms with Crippen molar-refractivity contribution in [1.82, 2.24) is 9.13 Å². The summed E-state index contributed by atoms with van der Waals surface area (Å²) in [7, 11) is 0. The zero-order chi connectivity index (χ0) is 61.8. The molecule has 0 aliphatic carbocycles. The third-order valence-electron chi connectivity index (χ3n) is 18.9. The van der Waals surface area contributed by atoms with Crippen LogP contribution in [0.3, 0.4) is 0 Å². The molecule has 0 aliphatic rings. The summed E-state index contributed by atoms with van der Waals surface area (Å²) in [4.78, 5) is 4.87.